The van der Waals surface area contributed by atoms with Crippen molar-refractivity contribution in [2.24, 2.45) is 45.8 Å². The Morgan fingerprint density at radius 3 is 1.69 bits per heavy atom. The lowest BCUT2D eigenvalue weighted by Crippen LogP contribution is -2.62. The van der Waals surface area contributed by atoms with Gasteiger partial charge in [-0.2, -0.15) is 18.0 Å². The highest BCUT2D eigenvalue weighted by atomic mass is 32.2. The van der Waals surface area contributed by atoms with Crippen LogP contribution in [0.3, 0.4) is 0 Å². The molecule has 6 aliphatic rings. The van der Waals surface area contributed by atoms with Crippen molar-refractivity contribution in [1.29, 1.82) is 0 Å². The first-order valence-electron chi connectivity index (χ1n) is 26.9. The molecule has 0 radical (unpaired) electrons. The summed E-state index contributed by atoms with van der Waals surface area (Å²) in [5, 5.41) is 39.2. The Labute approximate surface area is 440 Å². The summed E-state index contributed by atoms with van der Waals surface area (Å²) in [5.74, 6) is 0.511. The first kappa shape index (κ1) is 55.4. The van der Waals surface area contributed by atoms with E-state index in [4.69, 9.17) is 10.1 Å². The van der Waals surface area contributed by atoms with Crippen LogP contribution in [0.25, 0.3) is 0 Å². The summed E-state index contributed by atoms with van der Waals surface area (Å²) in [6.07, 6.45) is 6.34. The average Bonchev–Trinajstić information content (AvgIpc) is 3.67. The number of amides is 1. The Morgan fingerprint density at radius 1 is 0.730 bits per heavy atom. The minimum atomic E-state index is -3.90. The van der Waals surface area contributed by atoms with Crippen molar-refractivity contribution in [1.82, 2.24) is 27.7 Å². The van der Waals surface area contributed by atoms with E-state index < -0.39 is 53.1 Å². The summed E-state index contributed by atoms with van der Waals surface area (Å²) in [4.78, 5) is 18.5. The maximum atomic E-state index is 14.2. The van der Waals surface area contributed by atoms with E-state index in [2.05, 4.69) is 20.8 Å². The monoisotopic (exact) mass is 1080 g/mol. The molecule has 3 spiro atoms. The molecule has 17 nitrogen and oxygen atoms in total. The van der Waals surface area contributed by atoms with Gasteiger partial charge in [0.25, 0.3) is 0 Å². The van der Waals surface area contributed by atoms with E-state index in [0.717, 1.165) is 12.8 Å². The molecule has 9 rings (SSSR count). The predicted molar refractivity (Wildman–Crippen MR) is 281 cm³/mol. The van der Waals surface area contributed by atoms with Gasteiger partial charge in [0, 0.05) is 82.8 Å². The zero-order valence-corrected chi connectivity index (χ0v) is 47.6. The van der Waals surface area contributed by atoms with E-state index in [0.29, 0.717) is 105 Å². The molecule has 7 unspecified atom stereocenters. The quantitative estimate of drug-likeness (QED) is 0.169. The van der Waals surface area contributed by atoms with Crippen molar-refractivity contribution < 1.29 is 45.4 Å². The summed E-state index contributed by atoms with van der Waals surface area (Å²) in [6, 6.07) is 8.11. The van der Waals surface area contributed by atoms with E-state index >= 15 is 0 Å². The molecule has 0 bridgehead atoms. The second-order valence-electron chi connectivity index (χ2n) is 24.5. The Bertz CT molecular complexity index is 2960. The fourth-order valence-corrected chi connectivity index (χ4v) is 19.2. The van der Waals surface area contributed by atoms with Crippen LogP contribution in [-0.2, 0) is 46.8 Å². The molecular formula is C54H81N7O10S3. The normalized spacial score (nSPS) is 28.0. The third-order valence-electron chi connectivity index (χ3n) is 20.0. The van der Waals surface area contributed by atoms with Gasteiger partial charge >= 0.3 is 0 Å². The molecule has 3 saturated carbocycles. The van der Waals surface area contributed by atoms with Gasteiger partial charge in [-0.1, -0.05) is 34.6 Å². The van der Waals surface area contributed by atoms with Crippen molar-refractivity contribution in [2.75, 3.05) is 51.2 Å². The van der Waals surface area contributed by atoms with Gasteiger partial charge in [-0.25, -0.2) is 25.3 Å². The number of anilines is 1. The standard InChI is InChI=1S/C54H81N7O10S3/c1-34(2)42-30-52(48(42)63)18-27-60(28-19-52)74(70,71)47-37(5)56-61(38(47)6)22-15-35(3)43-31-53(49(43)64)16-25-59(26-17-53)73(68,69)45-33-55-46(29-36(45)4)51(8,9)44-32-54(50(44)65)20-23-58(24-21-54)72(66,67)41-13-11-40(12-14-41)57(10)39(7)62/h11-14,29,33-35,42-44,48-50,63-65H,15-28,30-32H2,1-10H3. The van der Waals surface area contributed by atoms with Crippen molar-refractivity contribution in [3.63, 3.8) is 0 Å². The smallest absolute Gasteiger partial charge is 0.246 e. The number of carbonyl (C=O) groups excluding carboxylic acids is 1. The molecule has 3 aliphatic carbocycles. The van der Waals surface area contributed by atoms with Gasteiger partial charge in [0.05, 0.1) is 34.6 Å². The van der Waals surface area contributed by atoms with Crippen molar-refractivity contribution in [3.05, 3.63) is 59.2 Å². The molecule has 3 aromatic rings. The van der Waals surface area contributed by atoms with Crippen LogP contribution in [0.1, 0.15) is 128 Å². The number of pyridine rings is 1. The Balaban J connectivity index is 0.753. The minimum Gasteiger partial charge on any atom is -0.392 e. The predicted octanol–water partition coefficient (Wildman–Crippen LogP) is 6.00. The zero-order valence-electron chi connectivity index (χ0n) is 45.2. The molecule has 2 aromatic heterocycles. The fourth-order valence-electron chi connectivity index (χ4n) is 14.3. The van der Waals surface area contributed by atoms with Crippen LogP contribution in [-0.4, -0.2) is 139 Å². The van der Waals surface area contributed by atoms with Crippen LogP contribution in [0.15, 0.2) is 51.2 Å². The van der Waals surface area contributed by atoms with E-state index in [1.54, 1.807) is 42.0 Å². The lowest BCUT2D eigenvalue weighted by Gasteiger charge is -2.60. The molecule has 20 heteroatoms. The number of benzene rings is 1. The molecule has 74 heavy (non-hydrogen) atoms. The lowest BCUT2D eigenvalue weighted by atomic mass is 9.49. The van der Waals surface area contributed by atoms with Gasteiger partial charge in [0.2, 0.25) is 36.0 Å². The van der Waals surface area contributed by atoms with Gasteiger partial charge in [0.1, 0.15) is 9.79 Å². The van der Waals surface area contributed by atoms with Crippen LogP contribution in [0.4, 0.5) is 5.69 Å². The summed E-state index contributed by atoms with van der Waals surface area (Å²) in [6.45, 7) is 19.6. The highest BCUT2D eigenvalue weighted by Gasteiger charge is 2.60. The third kappa shape index (κ3) is 9.12. The van der Waals surface area contributed by atoms with E-state index in [1.807, 2.05) is 26.8 Å². The topological polar surface area (TPSA) is 224 Å². The van der Waals surface area contributed by atoms with Crippen LogP contribution in [0.2, 0.25) is 0 Å². The molecule has 3 saturated heterocycles. The van der Waals surface area contributed by atoms with Crippen molar-refractivity contribution in [2.45, 2.75) is 171 Å². The van der Waals surface area contributed by atoms with Gasteiger partial charge in [-0.05, 0) is 167 Å². The Hall–Kier alpha value is -3.34. The number of nitrogens with zero attached hydrogens (tertiary/aromatic N) is 7. The minimum absolute atomic E-state index is 0.0312. The summed E-state index contributed by atoms with van der Waals surface area (Å²) in [5.41, 5.74) is 1.38. The summed E-state index contributed by atoms with van der Waals surface area (Å²) in [7, 11) is -9.81. The molecule has 7 atom stereocenters. The second kappa shape index (κ2) is 19.5. The molecule has 1 aromatic carbocycles. The highest BCUT2D eigenvalue weighted by molar-refractivity contribution is 7.89. The van der Waals surface area contributed by atoms with Gasteiger partial charge < -0.3 is 20.2 Å². The largest absolute Gasteiger partial charge is 0.392 e. The molecule has 3 N–H and O–H groups in total. The van der Waals surface area contributed by atoms with Crippen LogP contribution in [0.5, 0.6) is 0 Å². The van der Waals surface area contributed by atoms with Crippen molar-refractivity contribution in [3.8, 4) is 0 Å². The number of aliphatic hydroxyl groups is 3. The number of rotatable bonds is 14. The van der Waals surface area contributed by atoms with Crippen molar-refractivity contribution >= 4 is 41.7 Å². The highest BCUT2D eigenvalue weighted by Crippen LogP contribution is 2.60. The molecule has 6 fully saturated rings. The first-order valence-corrected chi connectivity index (χ1v) is 31.3. The molecule has 5 heterocycles. The molecule has 3 aliphatic heterocycles. The number of sulfonamides is 3. The zero-order chi connectivity index (χ0) is 53.9. The number of hydrogen-bond acceptors (Lipinski definition) is 12. The fraction of sp³-hybridized carbons (Fsp3) is 0.722. The summed E-state index contributed by atoms with van der Waals surface area (Å²) < 4.78 is 90.1. The molecular weight excluding hydrogens is 1000 g/mol. The van der Waals surface area contributed by atoms with E-state index in [1.165, 1.54) is 38.8 Å². The first-order chi connectivity index (χ1) is 34.5. The van der Waals surface area contributed by atoms with Gasteiger partial charge in [0.15, 0.2) is 0 Å². The maximum Gasteiger partial charge on any atom is 0.246 e. The number of piperidine rings is 3. The number of aliphatic hydroxyl groups excluding tert-OH is 3. The van der Waals surface area contributed by atoms with Crippen LogP contribution < -0.4 is 4.90 Å². The number of aromatic nitrogens is 3. The van der Waals surface area contributed by atoms with Crippen LogP contribution >= 0.6 is 0 Å². The average molecular weight is 1080 g/mol. The summed E-state index contributed by atoms with van der Waals surface area (Å²) >= 11 is 0. The number of aryl methyl sites for hydroxylation is 3. The van der Waals surface area contributed by atoms with E-state index in [9.17, 15) is 45.4 Å². The maximum absolute atomic E-state index is 14.2. The third-order valence-corrected chi connectivity index (χ3v) is 26.1. The number of carbonyl (C=O) groups is 1. The van der Waals surface area contributed by atoms with Gasteiger partial charge in [-0.3, -0.25) is 14.5 Å². The second-order valence-corrected chi connectivity index (χ2v) is 30.3. The lowest BCUT2D eigenvalue weighted by molar-refractivity contribution is -0.163. The van der Waals surface area contributed by atoms with Gasteiger partial charge in [-0.15, -0.1) is 0 Å². The molecule has 1 amide bonds. The van der Waals surface area contributed by atoms with E-state index in [-0.39, 0.29) is 87.4 Å². The Morgan fingerprint density at radius 2 is 1.22 bits per heavy atom. The molecule has 410 valence electrons. The SMILES string of the molecule is CC(=O)N(C)c1ccc(S(=O)(=O)N2CCC3(CC2)CC(C(C)(C)c2cc(C)c(S(=O)(=O)N4CCC5(CC4)CC(C(C)CCn4nc(C)c(S(=O)(=O)N6CCC7(CC6)CC(C(C)C)C7O)c4C)C5O)cn2)C3O)cc1. The Kier molecular flexibility index (Phi) is 14.6. The van der Waals surface area contributed by atoms with Crippen LogP contribution in [0, 0.1) is 66.6 Å². The number of hydrogen-bond donors (Lipinski definition) is 3.